The van der Waals surface area contributed by atoms with E-state index in [2.05, 4.69) is 0 Å². The number of hydrogen-bond acceptors (Lipinski definition) is 2. The smallest absolute Gasteiger partial charge is 0.348 e. The number of hydrogen-bond donors (Lipinski definition) is 1. The summed E-state index contributed by atoms with van der Waals surface area (Å²) in [6, 6.07) is 0. The molecule has 0 radical (unpaired) electrons. The standard InChI is InChI=1S/C7H10O3/c1-5-3-4-10-7(5,2)6(8)9/h3-5H,1-2H3,(H,8,9). The maximum absolute atomic E-state index is 10.6. The molecular weight excluding hydrogens is 132 g/mol. The molecule has 56 valence electrons. The number of aliphatic carboxylic acids is 1. The lowest BCUT2D eigenvalue weighted by atomic mass is 9.93. The summed E-state index contributed by atoms with van der Waals surface area (Å²) in [6.45, 7) is 3.39. The predicted octanol–water partition coefficient (Wildman–Crippen LogP) is 1.01. The summed E-state index contributed by atoms with van der Waals surface area (Å²) in [6.07, 6.45) is 3.19. The lowest BCUT2D eigenvalue weighted by molar-refractivity contribution is -0.158. The third-order valence-electron chi connectivity index (χ3n) is 1.97. The molecule has 0 amide bonds. The first kappa shape index (κ1) is 7.12. The van der Waals surface area contributed by atoms with E-state index in [0.717, 1.165) is 0 Å². The van der Waals surface area contributed by atoms with E-state index in [1.54, 1.807) is 13.0 Å². The third kappa shape index (κ3) is 0.781. The van der Waals surface area contributed by atoms with E-state index >= 15 is 0 Å². The maximum atomic E-state index is 10.6. The summed E-state index contributed by atoms with van der Waals surface area (Å²) in [5.74, 6) is -0.963. The van der Waals surface area contributed by atoms with Gasteiger partial charge >= 0.3 is 5.97 Å². The molecule has 2 unspecified atom stereocenters. The summed E-state index contributed by atoms with van der Waals surface area (Å²) >= 11 is 0. The molecule has 0 saturated carbocycles. The van der Waals surface area contributed by atoms with Gasteiger partial charge in [-0.05, 0) is 13.0 Å². The molecule has 1 rings (SSSR count). The Kier molecular flexibility index (Phi) is 1.43. The first-order valence-electron chi connectivity index (χ1n) is 3.15. The zero-order valence-corrected chi connectivity index (χ0v) is 6.00. The first-order chi connectivity index (χ1) is 4.57. The minimum absolute atomic E-state index is 0.0509. The van der Waals surface area contributed by atoms with Crippen LogP contribution >= 0.6 is 0 Å². The van der Waals surface area contributed by atoms with E-state index in [4.69, 9.17) is 9.84 Å². The van der Waals surface area contributed by atoms with Gasteiger partial charge in [0.05, 0.1) is 6.26 Å². The highest BCUT2D eigenvalue weighted by molar-refractivity contribution is 5.78. The zero-order chi connectivity index (χ0) is 7.78. The number of rotatable bonds is 1. The summed E-state index contributed by atoms with van der Waals surface area (Å²) in [5, 5.41) is 8.68. The van der Waals surface area contributed by atoms with Crippen LogP contribution in [0.4, 0.5) is 0 Å². The summed E-state index contributed by atoms with van der Waals surface area (Å²) in [5.41, 5.74) is -1.04. The number of carbonyl (C=O) groups is 1. The summed E-state index contributed by atoms with van der Waals surface area (Å²) in [7, 11) is 0. The topological polar surface area (TPSA) is 46.5 Å². The second kappa shape index (κ2) is 2.01. The Labute approximate surface area is 59.3 Å². The second-order valence-corrected chi connectivity index (χ2v) is 2.65. The van der Waals surface area contributed by atoms with Crippen molar-refractivity contribution in [2.75, 3.05) is 0 Å². The molecule has 0 aromatic carbocycles. The van der Waals surface area contributed by atoms with Crippen LogP contribution in [0.2, 0.25) is 0 Å². The van der Waals surface area contributed by atoms with Crippen molar-refractivity contribution in [1.29, 1.82) is 0 Å². The summed E-state index contributed by atoms with van der Waals surface area (Å²) < 4.78 is 4.93. The summed E-state index contributed by atoms with van der Waals surface area (Å²) in [4.78, 5) is 10.6. The lowest BCUT2D eigenvalue weighted by Crippen LogP contribution is -2.39. The fraction of sp³-hybridized carbons (Fsp3) is 0.571. The van der Waals surface area contributed by atoms with Crippen LogP contribution in [0.1, 0.15) is 13.8 Å². The lowest BCUT2D eigenvalue weighted by Gasteiger charge is -2.22. The molecule has 0 fully saturated rings. The molecule has 0 aliphatic carbocycles. The molecule has 0 aromatic heterocycles. The molecule has 10 heavy (non-hydrogen) atoms. The molecule has 3 heteroatoms. The SMILES string of the molecule is CC1C=COC1(C)C(=O)O. The Balaban J connectivity index is 2.80. The van der Waals surface area contributed by atoms with Crippen molar-refractivity contribution < 1.29 is 14.6 Å². The van der Waals surface area contributed by atoms with Gasteiger partial charge in [0.15, 0.2) is 0 Å². The molecule has 1 aliphatic rings. The largest absolute Gasteiger partial charge is 0.483 e. The van der Waals surface area contributed by atoms with Crippen LogP contribution in [0.25, 0.3) is 0 Å². The minimum Gasteiger partial charge on any atom is -0.483 e. The molecule has 0 saturated heterocycles. The van der Waals surface area contributed by atoms with Gasteiger partial charge in [-0.3, -0.25) is 0 Å². The van der Waals surface area contributed by atoms with Gasteiger partial charge in [0.25, 0.3) is 0 Å². The van der Waals surface area contributed by atoms with Crippen molar-refractivity contribution in [1.82, 2.24) is 0 Å². The Morgan fingerprint density at radius 3 is 2.60 bits per heavy atom. The van der Waals surface area contributed by atoms with Crippen LogP contribution in [-0.2, 0) is 9.53 Å². The van der Waals surface area contributed by atoms with E-state index in [0.29, 0.717) is 0 Å². The van der Waals surface area contributed by atoms with Crippen LogP contribution in [0, 0.1) is 5.92 Å². The Bertz CT molecular complexity index is 185. The van der Waals surface area contributed by atoms with Gasteiger partial charge in [0.1, 0.15) is 0 Å². The number of ether oxygens (including phenoxy) is 1. The van der Waals surface area contributed by atoms with Crippen molar-refractivity contribution >= 4 is 5.97 Å². The highest BCUT2D eigenvalue weighted by Crippen LogP contribution is 2.28. The molecule has 2 atom stereocenters. The average molecular weight is 142 g/mol. The van der Waals surface area contributed by atoms with Crippen LogP contribution in [-0.4, -0.2) is 16.7 Å². The monoisotopic (exact) mass is 142 g/mol. The van der Waals surface area contributed by atoms with Crippen LogP contribution < -0.4 is 0 Å². The van der Waals surface area contributed by atoms with Gasteiger partial charge in [-0.1, -0.05) is 6.92 Å². The predicted molar refractivity (Wildman–Crippen MR) is 35.4 cm³/mol. The molecule has 1 heterocycles. The molecule has 0 bridgehead atoms. The van der Waals surface area contributed by atoms with Gasteiger partial charge in [0.2, 0.25) is 5.60 Å². The first-order valence-corrected chi connectivity index (χ1v) is 3.15. The van der Waals surface area contributed by atoms with Crippen molar-refractivity contribution in [3.8, 4) is 0 Å². The Morgan fingerprint density at radius 2 is 2.40 bits per heavy atom. The quantitative estimate of drug-likeness (QED) is 0.594. The van der Waals surface area contributed by atoms with Crippen LogP contribution in [0.3, 0.4) is 0 Å². The van der Waals surface area contributed by atoms with Crippen molar-refractivity contribution in [3.63, 3.8) is 0 Å². The molecule has 3 nitrogen and oxygen atoms in total. The van der Waals surface area contributed by atoms with Gasteiger partial charge in [-0.2, -0.15) is 0 Å². The molecule has 0 spiro atoms. The minimum atomic E-state index is -1.04. The van der Waals surface area contributed by atoms with Crippen LogP contribution in [0.5, 0.6) is 0 Å². The maximum Gasteiger partial charge on any atom is 0.348 e. The van der Waals surface area contributed by atoms with Crippen molar-refractivity contribution in [2.45, 2.75) is 19.4 Å². The normalized spacial score (nSPS) is 37.6. The molecular formula is C7H10O3. The van der Waals surface area contributed by atoms with E-state index in [1.807, 2.05) is 6.92 Å². The third-order valence-corrected chi connectivity index (χ3v) is 1.97. The van der Waals surface area contributed by atoms with Gasteiger partial charge < -0.3 is 9.84 Å². The average Bonchev–Trinajstić information content (AvgIpc) is 2.15. The molecule has 1 aliphatic heterocycles. The zero-order valence-electron chi connectivity index (χ0n) is 6.00. The molecule has 0 aromatic rings. The Hall–Kier alpha value is -0.990. The van der Waals surface area contributed by atoms with E-state index < -0.39 is 11.6 Å². The van der Waals surface area contributed by atoms with E-state index in [1.165, 1.54) is 6.26 Å². The fourth-order valence-electron chi connectivity index (χ4n) is 0.835. The van der Waals surface area contributed by atoms with E-state index in [9.17, 15) is 4.79 Å². The van der Waals surface area contributed by atoms with Gasteiger partial charge in [-0.15, -0.1) is 0 Å². The van der Waals surface area contributed by atoms with Gasteiger partial charge in [0, 0.05) is 5.92 Å². The fourth-order valence-corrected chi connectivity index (χ4v) is 0.835. The number of carboxylic acid groups (broad SMARTS) is 1. The van der Waals surface area contributed by atoms with Crippen molar-refractivity contribution in [2.24, 2.45) is 5.92 Å². The number of carboxylic acids is 1. The van der Waals surface area contributed by atoms with Crippen molar-refractivity contribution in [3.05, 3.63) is 12.3 Å². The highest BCUT2D eigenvalue weighted by atomic mass is 16.5. The van der Waals surface area contributed by atoms with Crippen LogP contribution in [0.15, 0.2) is 12.3 Å². The van der Waals surface area contributed by atoms with Gasteiger partial charge in [-0.25, -0.2) is 4.79 Å². The molecule has 1 N–H and O–H groups in total. The second-order valence-electron chi connectivity index (χ2n) is 2.65. The van der Waals surface area contributed by atoms with E-state index in [-0.39, 0.29) is 5.92 Å². The highest BCUT2D eigenvalue weighted by Gasteiger charge is 2.42. The Morgan fingerprint density at radius 1 is 1.80 bits per heavy atom.